The maximum atomic E-state index is 12.0. The molecule has 0 spiro atoms. The molecule has 0 saturated carbocycles. The topological polar surface area (TPSA) is 52.6 Å². The number of hydrogen-bond acceptors (Lipinski definition) is 3. The first-order valence-corrected chi connectivity index (χ1v) is 6.45. The summed E-state index contributed by atoms with van der Waals surface area (Å²) < 4.78 is 0. The SMILES string of the molecule is CC1(O)CCCN(C(=O)CNC(C)(C)C)CC1. The van der Waals surface area contributed by atoms with Crippen LogP contribution in [0.25, 0.3) is 0 Å². The first-order chi connectivity index (χ1) is 7.70. The lowest BCUT2D eigenvalue weighted by atomic mass is 9.98. The maximum Gasteiger partial charge on any atom is 0.236 e. The smallest absolute Gasteiger partial charge is 0.236 e. The molecule has 1 atom stereocenters. The van der Waals surface area contributed by atoms with Gasteiger partial charge in [0.05, 0.1) is 12.1 Å². The zero-order valence-corrected chi connectivity index (χ0v) is 11.5. The van der Waals surface area contributed by atoms with Crippen molar-refractivity contribution in [2.24, 2.45) is 0 Å². The average Bonchev–Trinajstić information content (AvgIpc) is 2.35. The van der Waals surface area contributed by atoms with Gasteiger partial charge in [0.15, 0.2) is 0 Å². The van der Waals surface area contributed by atoms with Crippen molar-refractivity contribution in [1.82, 2.24) is 10.2 Å². The Kier molecular flexibility index (Phi) is 4.55. The highest BCUT2D eigenvalue weighted by molar-refractivity contribution is 5.78. The van der Waals surface area contributed by atoms with E-state index in [9.17, 15) is 9.90 Å². The van der Waals surface area contributed by atoms with E-state index in [1.165, 1.54) is 0 Å². The predicted molar refractivity (Wildman–Crippen MR) is 68.8 cm³/mol. The van der Waals surface area contributed by atoms with E-state index >= 15 is 0 Å². The number of carbonyl (C=O) groups is 1. The molecule has 100 valence electrons. The normalized spacial score (nSPS) is 26.8. The highest BCUT2D eigenvalue weighted by Crippen LogP contribution is 2.21. The lowest BCUT2D eigenvalue weighted by molar-refractivity contribution is -0.130. The van der Waals surface area contributed by atoms with Crippen molar-refractivity contribution < 1.29 is 9.90 Å². The van der Waals surface area contributed by atoms with E-state index in [2.05, 4.69) is 5.32 Å². The number of carbonyl (C=O) groups excluding carboxylic acids is 1. The van der Waals surface area contributed by atoms with E-state index in [1.807, 2.05) is 32.6 Å². The van der Waals surface area contributed by atoms with E-state index in [4.69, 9.17) is 0 Å². The molecule has 1 aliphatic rings. The summed E-state index contributed by atoms with van der Waals surface area (Å²) in [6.45, 7) is 9.81. The van der Waals surface area contributed by atoms with Crippen LogP contribution in [0, 0.1) is 0 Å². The van der Waals surface area contributed by atoms with Crippen LogP contribution in [0.5, 0.6) is 0 Å². The van der Waals surface area contributed by atoms with Crippen molar-refractivity contribution in [3.8, 4) is 0 Å². The molecule has 0 bridgehead atoms. The van der Waals surface area contributed by atoms with Crippen LogP contribution >= 0.6 is 0 Å². The zero-order chi connectivity index (χ0) is 13.1. The molecular formula is C13H26N2O2. The van der Waals surface area contributed by atoms with Gasteiger partial charge in [-0.3, -0.25) is 4.79 Å². The molecule has 0 aromatic rings. The summed E-state index contributed by atoms with van der Waals surface area (Å²) >= 11 is 0. The lowest BCUT2D eigenvalue weighted by Gasteiger charge is -2.25. The zero-order valence-electron chi connectivity index (χ0n) is 11.5. The standard InChI is InChI=1S/C13H26N2O2/c1-12(2,3)14-10-11(16)15-8-5-6-13(4,17)7-9-15/h14,17H,5-10H2,1-4H3. The Balaban J connectivity index is 2.42. The van der Waals surface area contributed by atoms with Gasteiger partial charge < -0.3 is 15.3 Å². The Morgan fingerprint density at radius 2 is 2.00 bits per heavy atom. The fourth-order valence-corrected chi connectivity index (χ4v) is 1.97. The summed E-state index contributed by atoms with van der Waals surface area (Å²) in [6.07, 6.45) is 2.34. The first-order valence-electron chi connectivity index (χ1n) is 6.45. The van der Waals surface area contributed by atoms with Gasteiger partial charge in [0, 0.05) is 18.6 Å². The van der Waals surface area contributed by atoms with Crippen LogP contribution in [-0.2, 0) is 4.79 Å². The number of nitrogens with zero attached hydrogens (tertiary/aromatic N) is 1. The van der Waals surface area contributed by atoms with Gasteiger partial charge in [-0.25, -0.2) is 0 Å². The Labute approximate surface area is 104 Å². The minimum atomic E-state index is -0.605. The molecule has 4 heteroatoms. The number of likely N-dealkylation sites (tertiary alicyclic amines) is 1. The van der Waals surface area contributed by atoms with Crippen molar-refractivity contribution in [3.63, 3.8) is 0 Å². The second-order valence-electron chi connectivity index (χ2n) is 6.33. The molecule has 2 N–H and O–H groups in total. The quantitative estimate of drug-likeness (QED) is 0.763. The monoisotopic (exact) mass is 242 g/mol. The first kappa shape index (κ1) is 14.5. The number of rotatable bonds is 2. The van der Waals surface area contributed by atoms with E-state index in [1.54, 1.807) is 0 Å². The van der Waals surface area contributed by atoms with Crippen molar-refractivity contribution >= 4 is 5.91 Å². The third-order valence-electron chi connectivity index (χ3n) is 3.19. The number of hydrogen-bond donors (Lipinski definition) is 2. The summed E-state index contributed by atoms with van der Waals surface area (Å²) in [7, 11) is 0. The number of amides is 1. The van der Waals surface area contributed by atoms with Gasteiger partial charge in [0.25, 0.3) is 0 Å². The van der Waals surface area contributed by atoms with E-state index in [0.29, 0.717) is 19.5 Å². The predicted octanol–water partition coefficient (Wildman–Crippen LogP) is 1.14. The highest BCUT2D eigenvalue weighted by Gasteiger charge is 2.27. The van der Waals surface area contributed by atoms with Crippen molar-refractivity contribution in [3.05, 3.63) is 0 Å². The molecule has 1 unspecified atom stereocenters. The van der Waals surface area contributed by atoms with Crippen LogP contribution in [0.15, 0.2) is 0 Å². The Morgan fingerprint density at radius 1 is 1.35 bits per heavy atom. The Bertz CT molecular complexity index is 269. The van der Waals surface area contributed by atoms with Gasteiger partial charge >= 0.3 is 0 Å². The maximum absolute atomic E-state index is 12.0. The molecular weight excluding hydrogens is 216 g/mol. The highest BCUT2D eigenvalue weighted by atomic mass is 16.3. The van der Waals surface area contributed by atoms with Gasteiger partial charge in [-0.05, 0) is 47.0 Å². The fourth-order valence-electron chi connectivity index (χ4n) is 1.97. The van der Waals surface area contributed by atoms with Crippen LogP contribution in [0.2, 0.25) is 0 Å². The fraction of sp³-hybridized carbons (Fsp3) is 0.923. The van der Waals surface area contributed by atoms with Gasteiger partial charge in [0.2, 0.25) is 5.91 Å². The van der Waals surface area contributed by atoms with Gasteiger partial charge in [-0.15, -0.1) is 0 Å². The molecule has 17 heavy (non-hydrogen) atoms. The Morgan fingerprint density at radius 3 is 2.59 bits per heavy atom. The summed E-state index contributed by atoms with van der Waals surface area (Å²) in [5.74, 6) is 0.137. The van der Waals surface area contributed by atoms with Crippen LogP contribution in [0.4, 0.5) is 0 Å². The third kappa shape index (κ3) is 5.50. The van der Waals surface area contributed by atoms with Crippen molar-refractivity contribution in [1.29, 1.82) is 0 Å². The summed E-state index contributed by atoms with van der Waals surface area (Å²) in [4.78, 5) is 13.9. The number of nitrogens with one attached hydrogen (secondary N) is 1. The molecule has 1 saturated heterocycles. The molecule has 1 rings (SSSR count). The molecule has 1 heterocycles. The van der Waals surface area contributed by atoms with Gasteiger partial charge in [-0.1, -0.05) is 0 Å². The van der Waals surface area contributed by atoms with Gasteiger partial charge in [0.1, 0.15) is 0 Å². The molecule has 1 aliphatic heterocycles. The molecule has 1 fully saturated rings. The summed E-state index contributed by atoms with van der Waals surface area (Å²) in [5, 5.41) is 13.2. The minimum Gasteiger partial charge on any atom is -0.390 e. The molecule has 1 amide bonds. The molecule has 0 aromatic heterocycles. The van der Waals surface area contributed by atoms with Crippen LogP contribution < -0.4 is 5.32 Å². The van der Waals surface area contributed by atoms with E-state index in [-0.39, 0.29) is 11.4 Å². The van der Waals surface area contributed by atoms with Crippen LogP contribution in [0.1, 0.15) is 47.0 Å². The van der Waals surface area contributed by atoms with Crippen LogP contribution in [-0.4, -0.2) is 46.7 Å². The second kappa shape index (κ2) is 5.36. The van der Waals surface area contributed by atoms with Gasteiger partial charge in [-0.2, -0.15) is 0 Å². The molecule has 0 radical (unpaired) electrons. The Hall–Kier alpha value is -0.610. The van der Waals surface area contributed by atoms with E-state index < -0.39 is 5.60 Å². The van der Waals surface area contributed by atoms with Crippen molar-refractivity contribution in [2.45, 2.75) is 58.1 Å². The van der Waals surface area contributed by atoms with Crippen molar-refractivity contribution in [2.75, 3.05) is 19.6 Å². The minimum absolute atomic E-state index is 0.0347. The molecule has 0 aliphatic carbocycles. The average molecular weight is 242 g/mol. The summed E-state index contributed by atoms with van der Waals surface area (Å²) in [6, 6.07) is 0. The number of aliphatic hydroxyl groups is 1. The second-order valence-corrected chi connectivity index (χ2v) is 6.33. The summed E-state index contributed by atoms with van der Waals surface area (Å²) in [5.41, 5.74) is -0.639. The molecule has 4 nitrogen and oxygen atoms in total. The largest absolute Gasteiger partial charge is 0.390 e. The van der Waals surface area contributed by atoms with E-state index in [0.717, 1.165) is 19.4 Å². The molecule has 0 aromatic carbocycles. The lowest BCUT2D eigenvalue weighted by Crippen LogP contribution is -2.45. The van der Waals surface area contributed by atoms with Crippen LogP contribution in [0.3, 0.4) is 0 Å². The third-order valence-corrected chi connectivity index (χ3v) is 3.19.